The number of nitrogens with zero attached hydrogens (tertiary/aromatic N) is 9. The zero-order valence-electron chi connectivity index (χ0n) is 63.6. The first-order valence-corrected chi connectivity index (χ1v) is 37.7. The molecule has 105 heavy (non-hydrogen) atoms. The lowest BCUT2D eigenvalue weighted by molar-refractivity contribution is -0.153. The van der Waals surface area contributed by atoms with Crippen LogP contribution in [0.15, 0.2) is 54.6 Å². The summed E-state index contributed by atoms with van der Waals surface area (Å²) in [5.74, 6) is -7.84. The van der Waals surface area contributed by atoms with E-state index in [-0.39, 0.29) is 77.2 Å². The number of hydrogen-bond donors (Lipinski definition) is 3. The number of aryl methyl sites for hydroxylation is 2. The number of fused-ring (bicyclic) bond motifs is 22. The Morgan fingerprint density at radius 2 is 1.35 bits per heavy atom. The zero-order chi connectivity index (χ0) is 76.8. The molecule has 25 nitrogen and oxygen atoms in total. The smallest absolute Gasteiger partial charge is 0.419 e. The van der Waals surface area contributed by atoms with Gasteiger partial charge in [-0.15, -0.1) is 0 Å². The molecule has 1 saturated heterocycles. The number of alkyl halides is 3. The van der Waals surface area contributed by atoms with Crippen LogP contribution in [0.3, 0.4) is 0 Å². The van der Waals surface area contributed by atoms with Crippen molar-refractivity contribution in [2.75, 3.05) is 102 Å². The van der Waals surface area contributed by atoms with Gasteiger partial charge >= 0.3 is 6.18 Å². The molecule has 6 heterocycles. The van der Waals surface area contributed by atoms with Gasteiger partial charge in [-0.1, -0.05) is 88.4 Å². The van der Waals surface area contributed by atoms with Crippen molar-refractivity contribution in [1.82, 2.24) is 60.0 Å². The molecule has 10 rings (SSSR count). The minimum Gasteiger partial charge on any atom is -0.496 e. The van der Waals surface area contributed by atoms with E-state index in [1.165, 1.54) is 81.7 Å². The maximum Gasteiger partial charge on any atom is 0.419 e. The predicted octanol–water partition coefficient (Wildman–Crippen LogP) is 5.38. The molecule has 580 valence electrons. The van der Waals surface area contributed by atoms with Gasteiger partial charge in [0.2, 0.25) is 65.0 Å². The Morgan fingerprint density at radius 3 is 1.99 bits per heavy atom. The van der Waals surface area contributed by atoms with Gasteiger partial charge in [0.05, 0.1) is 49.9 Å². The van der Waals surface area contributed by atoms with Crippen LogP contribution in [0, 0.1) is 11.8 Å². The highest BCUT2D eigenvalue weighted by atomic mass is 19.4. The predicted molar refractivity (Wildman–Crippen MR) is 387 cm³/mol. The van der Waals surface area contributed by atoms with Crippen molar-refractivity contribution in [3.63, 3.8) is 0 Å². The van der Waals surface area contributed by atoms with Crippen LogP contribution in [-0.4, -0.2) is 271 Å². The number of ether oxygens (including phenoxy) is 2. The van der Waals surface area contributed by atoms with E-state index in [2.05, 4.69) is 16.0 Å². The Hall–Kier alpha value is -8.14. The number of likely N-dealkylation sites (N-methyl/N-ethyl adjacent to an activating group) is 7. The van der Waals surface area contributed by atoms with E-state index >= 15 is 33.6 Å². The zero-order valence-corrected chi connectivity index (χ0v) is 63.6. The Morgan fingerprint density at radius 1 is 0.686 bits per heavy atom. The largest absolute Gasteiger partial charge is 0.496 e. The molecule has 10 atom stereocenters. The van der Waals surface area contributed by atoms with Crippen LogP contribution in [0.4, 0.5) is 13.2 Å². The summed E-state index contributed by atoms with van der Waals surface area (Å²) >= 11 is 0. The molecule has 11 amide bonds. The molecule has 6 aliphatic heterocycles. The highest BCUT2D eigenvalue weighted by Gasteiger charge is 2.50. The van der Waals surface area contributed by atoms with Gasteiger partial charge < -0.3 is 64.6 Å². The molecule has 2 aromatic carbocycles. The van der Waals surface area contributed by atoms with Crippen LogP contribution in [0.25, 0.3) is 0 Å². The summed E-state index contributed by atoms with van der Waals surface area (Å²) in [4.78, 5) is 180. The fourth-order valence-electron chi connectivity index (χ4n) is 15.9. The summed E-state index contributed by atoms with van der Waals surface area (Å²) in [6.45, 7) is 6.57. The summed E-state index contributed by atoms with van der Waals surface area (Å²) in [6.07, 6.45) is 5.39. The molecule has 2 aromatic rings. The summed E-state index contributed by atoms with van der Waals surface area (Å²) < 4.78 is 53.9. The van der Waals surface area contributed by atoms with Gasteiger partial charge in [0.15, 0.2) is 0 Å². The SMILES string of the molecule is CCO[C@@H]1C[C@H]2C(=O)NC3(CCC3)CN(C)[C@@H](C3CCCC3)C(=O)N(C)[C@H](C(=O)N(C)CC)CC(=O)N(C)[C@H]3CCCCCc4ccc(cc4)C[C@@H](C(=O)N(C)CC(=O)N[C@@H](CCc4ccc(C(F)(F)F)c(OC)c4)C(=O)N2C1)N1CC/C=C\C[C@@H](C1=O)N(C)C(=O)CN(C)C(=O)[C@H]([C@@H](C)CC)NC3=O. The number of methoxy groups -OCH3 is 1. The minimum atomic E-state index is -4.75. The van der Waals surface area contributed by atoms with Crippen molar-refractivity contribution >= 4 is 65.0 Å². The molecule has 0 aromatic heterocycles. The fraction of sp³-hybridized carbons (Fsp3) is 0.675. The summed E-state index contributed by atoms with van der Waals surface area (Å²) in [5.41, 5.74) is -0.0169. The van der Waals surface area contributed by atoms with Crippen LogP contribution in [-0.2, 0) is 82.9 Å². The number of halogens is 3. The van der Waals surface area contributed by atoms with E-state index in [1.807, 2.05) is 49.2 Å². The summed E-state index contributed by atoms with van der Waals surface area (Å²) in [6, 6.07) is 1.27. The fourth-order valence-corrected chi connectivity index (χ4v) is 15.9. The van der Waals surface area contributed by atoms with E-state index in [0.717, 1.165) is 36.5 Å². The number of amides is 11. The lowest BCUT2D eigenvalue weighted by Gasteiger charge is -2.48. The van der Waals surface area contributed by atoms with Crippen molar-refractivity contribution in [3.05, 3.63) is 76.9 Å². The normalized spacial score (nSPS) is 27.2. The average Bonchev–Trinajstić information content (AvgIpc) is 1.14. The number of nitrogens with one attached hydrogen (secondary N) is 3. The van der Waals surface area contributed by atoms with Gasteiger partial charge in [-0.05, 0) is 139 Å². The van der Waals surface area contributed by atoms with Gasteiger partial charge in [0, 0.05) is 87.9 Å². The first kappa shape index (κ1) is 82.5. The van der Waals surface area contributed by atoms with Crippen molar-refractivity contribution in [1.29, 1.82) is 0 Å². The third kappa shape index (κ3) is 20.3. The summed E-state index contributed by atoms with van der Waals surface area (Å²) in [7, 11) is 11.8. The van der Waals surface area contributed by atoms with E-state index < -0.39 is 168 Å². The molecule has 2 saturated carbocycles. The highest BCUT2D eigenvalue weighted by Crippen LogP contribution is 2.39. The first-order valence-electron chi connectivity index (χ1n) is 37.7. The van der Waals surface area contributed by atoms with Gasteiger partial charge in [-0.3, -0.25) is 57.6 Å². The molecule has 6 bridgehead atoms. The Kier molecular flexibility index (Phi) is 29.0. The average molecular weight is 1470 g/mol. The van der Waals surface area contributed by atoms with Crippen molar-refractivity contribution in [2.45, 2.75) is 222 Å². The number of benzene rings is 2. The third-order valence-corrected chi connectivity index (χ3v) is 22.8. The molecule has 2 aliphatic carbocycles. The molecular weight excluding hydrogens is 1360 g/mol. The second kappa shape index (κ2) is 36.9. The van der Waals surface area contributed by atoms with Crippen LogP contribution < -0.4 is 20.7 Å². The summed E-state index contributed by atoms with van der Waals surface area (Å²) in [5, 5.41) is 9.15. The van der Waals surface area contributed by atoms with Crippen LogP contribution in [0.2, 0.25) is 0 Å². The van der Waals surface area contributed by atoms with Gasteiger partial charge in [0.25, 0.3) is 0 Å². The monoisotopic (exact) mass is 1470 g/mol. The molecule has 28 heteroatoms. The number of carbonyl (C=O) groups excluding carboxylic acids is 11. The van der Waals surface area contributed by atoms with Crippen molar-refractivity contribution < 1.29 is 75.4 Å². The van der Waals surface area contributed by atoms with Gasteiger partial charge in [-0.2, -0.15) is 13.2 Å². The molecule has 8 aliphatic rings. The maximum atomic E-state index is 15.7. The Bertz CT molecular complexity index is 3460. The van der Waals surface area contributed by atoms with E-state index in [0.29, 0.717) is 81.8 Å². The molecule has 1 spiro atoms. The van der Waals surface area contributed by atoms with Crippen LogP contribution in [0.1, 0.15) is 159 Å². The lowest BCUT2D eigenvalue weighted by Crippen LogP contribution is -2.65. The van der Waals surface area contributed by atoms with Crippen LogP contribution >= 0.6 is 0 Å². The quantitative estimate of drug-likeness (QED) is 0.188. The third-order valence-electron chi connectivity index (χ3n) is 22.8. The second-order valence-corrected chi connectivity index (χ2v) is 30.0. The topological polar surface area (TPSA) is 271 Å². The number of rotatable bonds is 11. The Labute approximate surface area is 616 Å². The van der Waals surface area contributed by atoms with E-state index in [4.69, 9.17) is 9.47 Å². The van der Waals surface area contributed by atoms with E-state index in [1.54, 1.807) is 33.9 Å². The van der Waals surface area contributed by atoms with Crippen molar-refractivity contribution in [3.8, 4) is 5.75 Å². The minimum absolute atomic E-state index is 0.0158. The lowest BCUT2D eigenvalue weighted by atomic mass is 9.75. The Balaban J connectivity index is 1.25. The molecule has 0 radical (unpaired) electrons. The van der Waals surface area contributed by atoms with Gasteiger partial charge in [0.1, 0.15) is 48.0 Å². The van der Waals surface area contributed by atoms with Crippen molar-refractivity contribution in [2.24, 2.45) is 11.8 Å². The maximum absolute atomic E-state index is 15.7. The molecular formula is C77H113F3N12O13. The molecule has 3 fully saturated rings. The second-order valence-electron chi connectivity index (χ2n) is 30.0. The molecule has 3 N–H and O–H groups in total. The van der Waals surface area contributed by atoms with Crippen LogP contribution in [0.5, 0.6) is 5.75 Å². The standard InChI is InChI=1S/C77H113F3N12O13/c1-13-49(4)66-74(102)86(7)47-65(95)89(10)58-29-20-17-23-40-91(73(58)101)61-41-51-32-30-50(31-33-51)25-18-16-19-28-57(68(96)82-66)88(9)64(94)44-60(71(99)84(5)14-2)90(11)75(103)67(53-26-21-22-27-53)87(8)48-76(38-24-39-76)83-69(97)59-43-54(105-15-3)45-92(59)70(98)56(81-63(93)46-85(6)72(61)100)37-35-52-34-36-55(77(78,79)80)62(42-52)104-12/h17,20,30-34,36,42,49,53-54,56-61,66-67H,13-16,18-19,21-29,35,37-41,43-48H2,1-12H3,(H,81,93)(H,82,96)(H,83,97)/b20-17-/t49-,54+,56-,57-,58-,59-,60-,61-,66-,67-/m0/s1. The number of hydrogen-bond acceptors (Lipinski definition) is 14. The number of carbonyl (C=O) groups is 11. The van der Waals surface area contributed by atoms with Gasteiger partial charge in [-0.25, -0.2) is 0 Å². The van der Waals surface area contributed by atoms with E-state index in [9.17, 15) is 32.3 Å². The first-order chi connectivity index (χ1) is 49.8. The highest BCUT2D eigenvalue weighted by molar-refractivity contribution is 5.98. The molecule has 0 unspecified atom stereocenters.